The van der Waals surface area contributed by atoms with E-state index in [9.17, 15) is 25.1 Å². The first-order valence-electron chi connectivity index (χ1n) is 13.7. The van der Waals surface area contributed by atoms with Crippen molar-refractivity contribution < 1.29 is 24.5 Å². The number of rotatable bonds is 6. The van der Waals surface area contributed by atoms with Crippen LogP contribution in [0.2, 0.25) is 0 Å². The van der Waals surface area contributed by atoms with E-state index >= 15 is 0 Å². The lowest BCUT2D eigenvalue weighted by Crippen LogP contribution is -2.42. The standard InChI is InChI=1S/C32H29N3O5/c1-31-11-12-32(40-31,13-14-34-18-20(10-15-36)24-16-21(37)7-9-25(24)34)28-27(31)29(38)35(30(28)39)26-8-6-19(17-33)22-4-2-3-5-23(22)26/h2-9,16,18,27-28,36-37H,10-15H2,1H3/t27-,28+,31-,32-/m0/s1. The molecule has 1 aromatic heterocycles. The number of aliphatic hydroxyl groups excluding tert-OH is 1. The number of benzene rings is 3. The molecule has 7 rings (SSSR count). The summed E-state index contributed by atoms with van der Waals surface area (Å²) in [6.45, 7) is 2.52. The summed E-state index contributed by atoms with van der Waals surface area (Å²) >= 11 is 0. The van der Waals surface area contributed by atoms with E-state index in [1.807, 2.05) is 43.5 Å². The molecule has 3 aromatic carbocycles. The molecule has 4 aromatic rings. The van der Waals surface area contributed by atoms with Crippen LogP contribution in [-0.4, -0.2) is 44.4 Å². The quantitative estimate of drug-likeness (QED) is 0.353. The number of fused-ring (bicyclic) bond motifs is 7. The molecular formula is C32H29N3O5. The number of carbonyl (C=O) groups excluding carboxylic acids is 2. The van der Waals surface area contributed by atoms with Crippen molar-refractivity contribution in [1.29, 1.82) is 5.26 Å². The highest BCUT2D eigenvalue weighted by molar-refractivity contribution is 6.26. The number of carbonyl (C=O) groups is 2. The molecule has 0 saturated carbocycles. The van der Waals surface area contributed by atoms with Gasteiger partial charge in [-0.05, 0) is 68.5 Å². The Labute approximate surface area is 231 Å². The number of aliphatic hydroxyl groups is 1. The first-order valence-corrected chi connectivity index (χ1v) is 13.7. The molecule has 8 heteroatoms. The molecule has 2 N–H and O–H groups in total. The first-order chi connectivity index (χ1) is 19.3. The molecule has 4 heterocycles. The van der Waals surface area contributed by atoms with E-state index in [0.717, 1.165) is 16.5 Å². The molecule has 3 saturated heterocycles. The van der Waals surface area contributed by atoms with Gasteiger partial charge in [0.25, 0.3) is 0 Å². The minimum absolute atomic E-state index is 0.000400. The summed E-state index contributed by atoms with van der Waals surface area (Å²) in [5.41, 5.74) is 1.40. The van der Waals surface area contributed by atoms with Crippen molar-refractivity contribution in [2.45, 2.75) is 50.4 Å². The van der Waals surface area contributed by atoms with Gasteiger partial charge in [0.15, 0.2) is 0 Å². The maximum atomic E-state index is 14.2. The van der Waals surface area contributed by atoms with Crippen LogP contribution in [0.4, 0.5) is 5.69 Å². The van der Waals surface area contributed by atoms with Crippen molar-refractivity contribution in [1.82, 2.24) is 4.57 Å². The van der Waals surface area contributed by atoms with Crippen molar-refractivity contribution in [3.05, 3.63) is 71.9 Å². The number of phenols is 1. The Bertz CT molecular complexity index is 1770. The Hall–Kier alpha value is -4.19. The lowest BCUT2D eigenvalue weighted by Gasteiger charge is -2.31. The topological polar surface area (TPSA) is 116 Å². The van der Waals surface area contributed by atoms with E-state index in [1.54, 1.807) is 24.3 Å². The van der Waals surface area contributed by atoms with Crippen molar-refractivity contribution in [2.24, 2.45) is 11.8 Å². The highest BCUT2D eigenvalue weighted by Crippen LogP contribution is 2.62. The average Bonchev–Trinajstić information content (AvgIpc) is 3.64. The van der Waals surface area contributed by atoms with Gasteiger partial charge in [-0.25, -0.2) is 4.90 Å². The number of ether oxygens (including phenoxy) is 1. The predicted octanol–water partition coefficient (Wildman–Crippen LogP) is 4.42. The van der Waals surface area contributed by atoms with E-state index in [-0.39, 0.29) is 24.2 Å². The number of amides is 2. The van der Waals surface area contributed by atoms with Gasteiger partial charge in [0.1, 0.15) is 5.75 Å². The minimum Gasteiger partial charge on any atom is -0.508 e. The maximum absolute atomic E-state index is 14.2. The van der Waals surface area contributed by atoms with E-state index < -0.39 is 23.0 Å². The molecule has 0 spiro atoms. The monoisotopic (exact) mass is 535 g/mol. The van der Waals surface area contributed by atoms with Crippen molar-refractivity contribution >= 4 is 39.2 Å². The molecule has 4 atom stereocenters. The fourth-order valence-electron chi connectivity index (χ4n) is 7.60. The fraction of sp³-hybridized carbons (Fsp3) is 0.344. The zero-order valence-corrected chi connectivity index (χ0v) is 22.1. The first kappa shape index (κ1) is 24.8. The largest absolute Gasteiger partial charge is 0.508 e. The molecule has 8 nitrogen and oxygen atoms in total. The van der Waals surface area contributed by atoms with E-state index in [0.29, 0.717) is 54.3 Å². The zero-order valence-electron chi connectivity index (χ0n) is 22.1. The van der Waals surface area contributed by atoms with Crippen LogP contribution in [0.1, 0.15) is 37.3 Å². The van der Waals surface area contributed by atoms with E-state index in [4.69, 9.17) is 4.74 Å². The lowest BCUT2D eigenvalue weighted by atomic mass is 9.67. The smallest absolute Gasteiger partial charge is 0.240 e. The number of anilines is 1. The van der Waals surface area contributed by atoms with Gasteiger partial charge in [-0.3, -0.25) is 9.59 Å². The van der Waals surface area contributed by atoms with Crippen LogP contribution in [-0.2, 0) is 27.3 Å². The fourth-order valence-corrected chi connectivity index (χ4v) is 7.60. The molecule has 3 aliphatic rings. The minimum atomic E-state index is -0.770. The predicted molar refractivity (Wildman–Crippen MR) is 149 cm³/mol. The number of imide groups is 1. The Morgan fingerprint density at radius 1 is 1.02 bits per heavy atom. The number of aromatic hydroxyl groups is 1. The SMILES string of the molecule is C[C@@]12CC[C@@](CCn3cc(CCO)c4cc(O)ccc43)(O1)[C@H]1C(=O)N(c3ccc(C#N)c4ccccc34)C(=O)[C@H]12. The number of hydrogen-bond donors (Lipinski definition) is 2. The summed E-state index contributed by atoms with van der Waals surface area (Å²) in [5, 5.41) is 31.5. The molecule has 3 fully saturated rings. The second-order valence-corrected chi connectivity index (χ2v) is 11.5. The summed E-state index contributed by atoms with van der Waals surface area (Å²) in [6.07, 6.45) is 4.40. The van der Waals surface area contributed by atoms with Crippen LogP contribution in [0, 0.1) is 23.2 Å². The van der Waals surface area contributed by atoms with E-state index in [1.165, 1.54) is 4.90 Å². The lowest BCUT2D eigenvalue weighted by molar-refractivity contribution is -0.130. The average molecular weight is 536 g/mol. The molecular weight excluding hydrogens is 506 g/mol. The number of nitrogens with zero attached hydrogens (tertiary/aromatic N) is 3. The van der Waals surface area contributed by atoms with Gasteiger partial charge >= 0.3 is 0 Å². The number of aryl methyl sites for hydroxylation is 1. The Morgan fingerprint density at radius 2 is 1.80 bits per heavy atom. The van der Waals surface area contributed by atoms with Gasteiger partial charge in [-0.2, -0.15) is 5.26 Å². The third-order valence-electron chi connectivity index (χ3n) is 9.38. The van der Waals surface area contributed by atoms with Crippen LogP contribution in [0.15, 0.2) is 60.8 Å². The third-order valence-corrected chi connectivity index (χ3v) is 9.38. The summed E-state index contributed by atoms with van der Waals surface area (Å²) in [5.74, 6) is -1.46. The summed E-state index contributed by atoms with van der Waals surface area (Å²) in [4.78, 5) is 29.5. The van der Waals surface area contributed by atoms with Crippen LogP contribution in [0.25, 0.3) is 21.7 Å². The van der Waals surface area contributed by atoms with Crippen LogP contribution < -0.4 is 4.90 Å². The van der Waals surface area contributed by atoms with Gasteiger partial charge in [-0.1, -0.05) is 24.3 Å². The third kappa shape index (κ3) is 3.31. The summed E-state index contributed by atoms with van der Waals surface area (Å²) in [6, 6.07) is 18.2. The number of nitriles is 1. The van der Waals surface area contributed by atoms with Gasteiger partial charge in [-0.15, -0.1) is 0 Å². The molecule has 3 aliphatic heterocycles. The van der Waals surface area contributed by atoms with Gasteiger partial charge < -0.3 is 19.5 Å². The molecule has 2 bridgehead atoms. The summed E-state index contributed by atoms with van der Waals surface area (Å²) in [7, 11) is 0. The Kier molecular flexibility index (Phi) is 5.37. The van der Waals surface area contributed by atoms with Crippen molar-refractivity contribution in [2.75, 3.05) is 11.5 Å². The molecule has 0 unspecified atom stereocenters. The second kappa shape index (κ2) is 8.65. The number of phenolic OH excluding ortho intramolecular Hbond substituents is 1. The van der Waals surface area contributed by atoms with Crippen molar-refractivity contribution in [3.8, 4) is 11.8 Å². The molecule has 2 amide bonds. The van der Waals surface area contributed by atoms with Crippen LogP contribution in [0.3, 0.4) is 0 Å². The highest BCUT2D eigenvalue weighted by atomic mass is 16.5. The van der Waals surface area contributed by atoms with Crippen LogP contribution in [0.5, 0.6) is 5.75 Å². The van der Waals surface area contributed by atoms with Gasteiger partial charge in [0, 0.05) is 41.0 Å². The maximum Gasteiger partial charge on any atom is 0.240 e. The van der Waals surface area contributed by atoms with Gasteiger partial charge in [0.2, 0.25) is 11.8 Å². The van der Waals surface area contributed by atoms with E-state index in [2.05, 4.69) is 10.6 Å². The Morgan fingerprint density at radius 3 is 2.58 bits per heavy atom. The second-order valence-electron chi connectivity index (χ2n) is 11.5. The number of hydrogen-bond acceptors (Lipinski definition) is 6. The Balaban J connectivity index is 1.26. The van der Waals surface area contributed by atoms with Crippen LogP contribution >= 0.6 is 0 Å². The molecule has 0 radical (unpaired) electrons. The van der Waals surface area contributed by atoms with Crippen molar-refractivity contribution in [3.63, 3.8) is 0 Å². The molecule has 0 aliphatic carbocycles. The normalized spacial score (nSPS) is 27.2. The summed E-state index contributed by atoms with van der Waals surface area (Å²) < 4.78 is 8.76. The number of aromatic nitrogens is 1. The zero-order chi connectivity index (χ0) is 27.8. The highest BCUT2D eigenvalue weighted by Gasteiger charge is 2.73. The molecule has 202 valence electrons. The molecule has 40 heavy (non-hydrogen) atoms. The van der Waals surface area contributed by atoms with Gasteiger partial charge in [0.05, 0.1) is 40.4 Å².